The lowest BCUT2D eigenvalue weighted by atomic mass is 10.0. The van der Waals surface area contributed by atoms with Crippen LogP contribution in [0.4, 0.5) is 5.82 Å². The van der Waals surface area contributed by atoms with Crippen LogP contribution in [0.2, 0.25) is 10.0 Å². The summed E-state index contributed by atoms with van der Waals surface area (Å²) < 4.78 is 0. The number of pyridine rings is 1. The Labute approximate surface area is 165 Å². The number of aromatic amines is 1. The fraction of sp³-hybridized carbons (Fsp3) is 0.0500. The van der Waals surface area contributed by atoms with Gasteiger partial charge in [0.1, 0.15) is 11.5 Å². The molecule has 4 aromatic rings. The van der Waals surface area contributed by atoms with Crippen molar-refractivity contribution < 1.29 is 0 Å². The number of anilines is 1. The minimum Gasteiger partial charge on any atom is -0.365 e. The Balaban J connectivity index is 1.62. The average Bonchev–Trinajstić information content (AvgIpc) is 2.65. The summed E-state index contributed by atoms with van der Waals surface area (Å²) in [6.07, 6.45) is 1.63. The van der Waals surface area contributed by atoms with Gasteiger partial charge in [-0.15, -0.1) is 0 Å². The maximum Gasteiger partial charge on any atom is 0.348 e. The third kappa shape index (κ3) is 3.94. The number of fused-ring (bicyclic) bond motifs is 1. The van der Waals surface area contributed by atoms with Crippen molar-refractivity contribution in [1.82, 2.24) is 15.0 Å². The lowest BCUT2D eigenvalue weighted by molar-refractivity contribution is 1.05. The predicted octanol–water partition coefficient (Wildman–Crippen LogP) is 4.90. The van der Waals surface area contributed by atoms with Gasteiger partial charge in [-0.25, -0.2) is 9.78 Å². The highest BCUT2D eigenvalue weighted by Gasteiger charge is 2.07. The molecule has 0 radical (unpaired) electrons. The molecule has 2 heterocycles. The first-order valence-electron chi connectivity index (χ1n) is 8.23. The van der Waals surface area contributed by atoms with Gasteiger partial charge in [0.15, 0.2) is 0 Å². The van der Waals surface area contributed by atoms with Crippen molar-refractivity contribution in [3.05, 3.63) is 86.9 Å². The van der Waals surface area contributed by atoms with Crippen LogP contribution in [0, 0.1) is 0 Å². The van der Waals surface area contributed by atoms with Crippen LogP contribution in [-0.2, 0) is 6.54 Å². The Morgan fingerprint density at radius 2 is 1.78 bits per heavy atom. The third-order valence-corrected chi connectivity index (χ3v) is 4.52. The second kappa shape index (κ2) is 7.39. The maximum absolute atomic E-state index is 11.7. The smallest absolute Gasteiger partial charge is 0.348 e. The van der Waals surface area contributed by atoms with E-state index < -0.39 is 5.69 Å². The van der Waals surface area contributed by atoms with Crippen molar-refractivity contribution in [2.24, 2.45) is 0 Å². The van der Waals surface area contributed by atoms with Crippen molar-refractivity contribution >= 4 is 40.1 Å². The van der Waals surface area contributed by atoms with Crippen LogP contribution in [0.25, 0.3) is 22.2 Å². The molecular formula is C20H14Cl2N4O. The third-order valence-electron chi connectivity index (χ3n) is 4.08. The van der Waals surface area contributed by atoms with Gasteiger partial charge in [0, 0.05) is 22.8 Å². The molecule has 0 aliphatic carbocycles. The Morgan fingerprint density at radius 1 is 0.963 bits per heavy atom. The minimum atomic E-state index is -0.439. The van der Waals surface area contributed by atoms with Gasteiger partial charge in [-0.05, 0) is 53.1 Å². The quantitative estimate of drug-likeness (QED) is 0.514. The van der Waals surface area contributed by atoms with E-state index in [4.69, 9.17) is 23.2 Å². The number of aromatic nitrogens is 3. The van der Waals surface area contributed by atoms with E-state index in [9.17, 15) is 4.79 Å². The fourth-order valence-corrected chi connectivity index (χ4v) is 3.41. The summed E-state index contributed by atoms with van der Waals surface area (Å²) in [5, 5.41) is 5.16. The largest absolute Gasteiger partial charge is 0.365 e. The van der Waals surface area contributed by atoms with Gasteiger partial charge < -0.3 is 5.32 Å². The summed E-state index contributed by atoms with van der Waals surface area (Å²) in [4.78, 5) is 22.6. The molecule has 5 nitrogen and oxygen atoms in total. The van der Waals surface area contributed by atoms with Gasteiger partial charge >= 0.3 is 5.69 Å². The summed E-state index contributed by atoms with van der Waals surface area (Å²) in [6, 6.07) is 17.1. The van der Waals surface area contributed by atoms with Gasteiger partial charge in [-0.2, -0.15) is 4.98 Å². The Bertz CT molecular complexity index is 1170. The van der Waals surface area contributed by atoms with Crippen LogP contribution < -0.4 is 11.0 Å². The molecule has 0 saturated heterocycles. The molecule has 2 N–H and O–H groups in total. The zero-order valence-electron chi connectivity index (χ0n) is 14.0. The molecule has 0 unspecified atom stereocenters. The van der Waals surface area contributed by atoms with Crippen molar-refractivity contribution in [3.63, 3.8) is 0 Å². The van der Waals surface area contributed by atoms with Gasteiger partial charge in [0.05, 0.1) is 5.39 Å². The zero-order valence-corrected chi connectivity index (χ0v) is 15.6. The van der Waals surface area contributed by atoms with E-state index in [0.29, 0.717) is 28.1 Å². The highest BCUT2D eigenvalue weighted by molar-refractivity contribution is 6.35. The molecular weight excluding hydrogens is 383 g/mol. The molecule has 0 aliphatic heterocycles. The number of rotatable bonds is 4. The first kappa shape index (κ1) is 17.5. The first-order chi connectivity index (χ1) is 13.1. The molecule has 0 amide bonds. The standard InChI is InChI=1S/C20H14Cl2N4O/c21-15-8-14(9-16(22)10-15)13-4-1-3-12(7-13)11-24-19-17-5-2-6-23-18(17)25-20(27)26-19/h1-10H,11H2,(H2,23,24,25,26,27). The van der Waals surface area contributed by atoms with Crippen molar-refractivity contribution in [2.45, 2.75) is 6.54 Å². The lowest BCUT2D eigenvalue weighted by Gasteiger charge is -2.10. The number of nitrogens with zero attached hydrogens (tertiary/aromatic N) is 2. The molecule has 2 aromatic heterocycles. The summed E-state index contributed by atoms with van der Waals surface area (Å²) >= 11 is 12.2. The van der Waals surface area contributed by atoms with E-state index in [1.807, 2.05) is 42.5 Å². The highest BCUT2D eigenvalue weighted by atomic mass is 35.5. The predicted molar refractivity (Wildman–Crippen MR) is 109 cm³/mol. The molecule has 0 bridgehead atoms. The molecule has 2 aromatic carbocycles. The number of benzene rings is 2. The van der Waals surface area contributed by atoms with E-state index in [2.05, 4.69) is 20.3 Å². The number of hydrogen-bond donors (Lipinski definition) is 2. The van der Waals surface area contributed by atoms with Crippen LogP contribution in [0.5, 0.6) is 0 Å². The average molecular weight is 397 g/mol. The Hall–Kier alpha value is -2.89. The SMILES string of the molecule is O=c1nc(NCc2cccc(-c3cc(Cl)cc(Cl)c3)c2)c2cccnc2[nH]1. The zero-order chi connectivity index (χ0) is 18.8. The van der Waals surface area contributed by atoms with Gasteiger partial charge in [0.2, 0.25) is 0 Å². The molecule has 7 heteroatoms. The van der Waals surface area contributed by atoms with Gasteiger partial charge in [0.25, 0.3) is 0 Å². The van der Waals surface area contributed by atoms with Gasteiger partial charge in [-0.1, -0.05) is 41.4 Å². The lowest BCUT2D eigenvalue weighted by Crippen LogP contribution is -2.14. The molecule has 0 saturated carbocycles. The van der Waals surface area contributed by atoms with Crippen LogP contribution in [0.3, 0.4) is 0 Å². The van der Waals surface area contributed by atoms with Crippen molar-refractivity contribution in [2.75, 3.05) is 5.32 Å². The summed E-state index contributed by atoms with van der Waals surface area (Å²) in [5.74, 6) is 0.498. The fourth-order valence-electron chi connectivity index (χ4n) is 2.89. The second-order valence-electron chi connectivity index (χ2n) is 6.00. The summed E-state index contributed by atoms with van der Waals surface area (Å²) in [5.41, 5.74) is 3.04. The summed E-state index contributed by atoms with van der Waals surface area (Å²) in [6.45, 7) is 0.503. The monoisotopic (exact) mass is 396 g/mol. The number of hydrogen-bond acceptors (Lipinski definition) is 4. The van der Waals surface area contributed by atoms with Crippen LogP contribution in [-0.4, -0.2) is 15.0 Å². The van der Waals surface area contributed by atoms with Crippen LogP contribution in [0.15, 0.2) is 65.6 Å². The van der Waals surface area contributed by atoms with E-state index in [1.165, 1.54) is 0 Å². The van der Waals surface area contributed by atoms with E-state index in [0.717, 1.165) is 22.1 Å². The molecule has 0 fully saturated rings. The molecule has 0 aliphatic rings. The Morgan fingerprint density at radius 3 is 2.59 bits per heavy atom. The van der Waals surface area contributed by atoms with E-state index >= 15 is 0 Å². The number of halogens is 2. The van der Waals surface area contributed by atoms with Crippen LogP contribution >= 0.6 is 23.2 Å². The van der Waals surface area contributed by atoms with Crippen LogP contribution in [0.1, 0.15) is 5.56 Å². The second-order valence-corrected chi connectivity index (χ2v) is 6.88. The number of nitrogens with one attached hydrogen (secondary N) is 2. The molecule has 0 spiro atoms. The molecule has 27 heavy (non-hydrogen) atoms. The van der Waals surface area contributed by atoms with Gasteiger partial charge in [-0.3, -0.25) is 4.98 Å². The summed E-state index contributed by atoms with van der Waals surface area (Å²) in [7, 11) is 0. The maximum atomic E-state index is 11.7. The Kier molecular flexibility index (Phi) is 4.79. The van der Waals surface area contributed by atoms with Crippen molar-refractivity contribution in [1.29, 1.82) is 0 Å². The first-order valence-corrected chi connectivity index (χ1v) is 8.98. The molecule has 4 rings (SSSR count). The highest BCUT2D eigenvalue weighted by Crippen LogP contribution is 2.28. The van der Waals surface area contributed by atoms with E-state index in [1.54, 1.807) is 18.3 Å². The van der Waals surface area contributed by atoms with E-state index in [-0.39, 0.29) is 0 Å². The topological polar surface area (TPSA) is 70.7 Å². The molecule has 0 atom stereocenters. The molecule has 134 valence electrons. The van der Waals surface area contributed by atoms with Crippen molar-refractivity contribution in [3.8, 4) is 11.1 Å². The normalized spacial score (nSPS) is 10.9. The minimum absolute atomic E-state index is 0.439. The number of H-pyrrole nitrogens is 1.